The minimum Gasteiger partial charge on any atom is -0.343 e. The van der Waals surface area contributed by atoms with Crippen LogP contribution < -0.4 is 4.90 Å². The zero-order valence-electron chi connectivity index (χ0n) is 21.5. The number of hydrogen-bond donors (Lipinski definition) is 0. The van der Waals surface area contributed by atoms with Crippen molar-refractivity contribution >= 4 is 23.4 Å². The molecule has 2 heterocycles. The number of anilines is 1. The number of hydrogen-bond acceptors (Lipinski definition) is 4. The molecule has 3 amide bonds. The van der Waals surface area contributed by atoms with Gasteiger partial charge in [-0.15, -0.1) is 0 Å². The predicted molar refractivity (Wildman–Crippen MR) is 135 cm³/mol. The standard InChI is InChI=1S/C27H42N4O3/c1-21(2)19-28-12-7-13-31(23(4)33)26-9-6-5-8-25(26)20-30(17-16-28)27(34)18-24-10-14-29(15-11-24)22(3)32/h5-6,8-9,21,24H,7,10-20H2,1-4H3. The second kappa shape index (κ2) is 12.3. The first-order valence-corrected chi connectivity index (χ1v) is 12.9. The lowest BCUT2D eigenvalue weighted by atomic mass is 9.93. The number of rotatable bonds is 4. The van der Waals surface area contributed by atoms with E-state index in [-0.39, 0.29) is 17.7 Å². The average Bonchev–Trinajstić information content (AvgIpc) is 2.82. The first kappa shape index (κ1) is 26.2. The normalized spacial score (nSPS) is 19.0. The molecule has 0 N–H and O–H groups in total. The zero-order valence-corrected chi connectivity index (χ0v) is 21.5. The molecule has 0 bridgehead atoms. The summed E-state index contributed by atoms with van der Waals surface area (Å²) in [7, 11) is 0. The summed E-state index contributed by atoms with van der Waals surface area (Å²) in [5, 5.41) is 0. The topological polar surface area (TPSA) is 64.2 Å². The van der Waals surface area contributed by atoms with Crippen LogP contribution in [0.25, 0.3) is 0 Å². The van der Waals surface area contributed by atoms with Gasteiger partial charge in [0.25, 0.3) is 0 Å². The van der Waals surface area contributed by atoms with Gasteiger partial charge in [-0.2, -0.15) is 0 Å². The van der Waals surface area contributed by atoms with E-state index in [0.717, 1.165) is 63.2 Å². The van der Waals surface area contributed by atoms with E-state index in [9.17, 15) is 14.4 Å². The number of likely N-dealkylation sites (tertiary alicyclic amines) is 1. The average molecular weight is 471 g/mol. The smallest absolute Gasteiger partial charge is 0.223 e. The van der Waals surface area contributed by atoms with Crippen LogP contribution in [-0.4, -0.2) is 78.2 Å². The number of nitrogens with zero attached hydrogens (tertiary/aromatic N) is 4. The lowest BCUT2D eigenvalue weighted by Crippen LogP contribution is -2.42. The van der Waals surface area contributed by atoms with Crippen molar-refractivity contribution in [2.24, 2.45) is 11.8 Å². The van der Waals surface area contributed by atoms with Gasteiger partial charge in [0.05, 0.1) is 0 Å². The summed E-state index contributed by atoms with van der Waals surface area (Å²) in [5.74, 6) is 1.19. The minimum absolute atomic E-state index is 0.0391. The highest BCUT2D eigenvalue weighted by molar-refractivity contribution is 5.92. The molecule has 1 saturated heterocycles. The molecule has 0 atom stereocenters. The lowest BCUT2D eigenvalue weighted by molar-refractivity contribution is -0.134. The van der Waals surface area contributed by atoms with Gasteiger partial charge >= 0.3 is 0 Å². The third kappa shape index (κ3) is 7.29. The van der Waals surface area contributed by atoms with E-state index < -0.39 is 0 Å². The molecular formula is C27H42N4O3. The van der Waals surface area contributed by atoms with Gasteiger partial charge in [-0.25, -0.2) is 0 Å². The highest BCUT2D eigenvalue weighted by Crippen LogP contribution is 2.26. The summed E-state index contributed by atoms with van der Waals surface area (Å²) < 4.78 is 0. The Labute approximate surface area is 205 Å². The molecule has 1 aromatic rings. The van der Waals surface area contributed by atoms with Crippen LogP contribution >= 0.6 is 0 Å². The van der Waals surface area contributed by atoms with Crippen molar-refractivity contribution in [1.29, 1.82) is 0 Å². The zero-order chi connectivity index (χ0) is 24.7. The fraction of sp³-hybridized carbons (Fsp3) is 0.667. The number of para-hydroxylation sites is 1. The first-order chi connectivity index (χ1) is 16.2. The number of carbonyl (C=O) groups is 3. The van der Waals surface area contributed by atoms with Crippen molar-refractivity contribution in [2.75, 3.05) is 50.7 Å². The molecule has 0 radical (unpaired) electrons. The predicted octanol–water partition coefficient (Wildman–Crippen LogP) is 3.38. The maximum absolute atomic E-state index is 13.5. The Bertz CT molecular complexity index is 848. The lowest BCUT2D eigenvalue weighted by Gasteiger charge is -2.33. The maximum atomic E-state index is 13.5. The van der Waals surface area contributed by atoms with E-state index in [1.165, 1.54) is 0 Å². The Morgan fingerprint density at radius 3 is 2.24 bits per heavy atom. The fourth-order valence-corrected chi connectivity index (χ4v) is 5.21. The third-order valence-electron chi connectivity index (χ3n) is 7.07. The van der Waals surface area contributed by atoms with E-state index in [1.807, 2.05) is 39.0 Å². The second-order valence-electron chi connectivity index (χ2n) is 10.3. The van der Waals surface area contributed by atoms with Gasteiger partial charge in [-0.1, -0.05) is 32.0 Å². The molecule has 0 aliphatic carbocycles. The van der Waals surface area contributed by atoms with E-state index in [0.29, 0.717) is 37.9 Å². The molecule has 7 nitrogen and oxygen atoms in total. The van der Waals surface area contributed by atoms with Crippen LogP contribution in [-0.2, 0) is 20.9 Å². The highest BCUT2D eigenvalue weighted by atomic mass is 16.2. The molecule has 0 unspecified atom stereocenters. The Kier molecular flexibility index (Phi) is 9.51. The molecule has 2 aliphatic heterocycles. The van der Waals surface area contributed by atoms with Gasteiger partial charge in [-0.05, 0) is 49.3 Å². The van der Waals surface area contributed by atoms with Crippen molar-refractivity contribution in [3.63, 3.8) is 0 Å². The molecule has 0 spiro atoms. The summed E-state index contributed by atoms with van der Waals surface area (Å²) in [6.07, 6.45) is 3.19. The number of amides is 3. The van der Waals surface area contributed by atoms with Crippen LogP contribution in [0, 0.1) is 11.8 Å². The number of piperidine rings is 1. The number of benzene rings is 1. The summed E-state index contributed by atoms with van der Waals surface area (Å²) >= 11 is 0. The largest absolute Gasteiger partial charge is 0.343 e. The molecular weight excluding hydrogens is 428 g/mol. The molecule has 2 aliphatic rings. The second-order valence-corrected chi connectivity index (χ2v) is 10.3. The van der Waals surface area contributed by atoms with E-state index >= 15 is 0 Å². The Morgan fingerprint density at radius 2 is 1.59 bits per heavy atom. The van der Waals surface area contributed by atoms with Crippen LogP contribution in [0.3, 0.4) is 0 Å². The molecule has 1 aromatic carbocycles. The maximum Gasteiger partial charge on any atom is 0.223 e. The Morgan fingerprint density at radius 1 is 0.882 bits per heavy atom. The van der Waals surface area contributed by atoms with Crippen LogP contribution in [0.15, 0.2) is 24.3 Å². The van der Waals surface area contributed by atoms with Crippen LogP contribution in [0.4, 0.5) is 5.69 Å². The summed E-state index contributed by atoms with van der Waals surface area (Å²) in [4.78, 5) is 45.9. The van der Waals surface area contributed by atoms with Crippen molar-refractivity contribution in [2.45, 2.75) is 59.9 Å². The van der Waals surface area contributed by atoms with Crippen molar-refractivity contribution in [3.8, 4) is 0 Å². The molecule has 0 saturated carbocycles. The minimum atomic E-state index is 0.0391. The van der Waals surface area contributed by atoms with Gasteiger partial charge < -0.3 is 19.6 Å². The molecule has 1 fully saturated rings. The van der Waals surface area contributed by atoms with Crippen LogP contribution in [0.1, 0.15) is 58.9 Å². The number of fused-ring (bicyclic) bond motifs is 1. The summed E-state index contributed by atoms with van der Waals surface area (Å²) in [6, 6.07) is 8.00. The van der Waals surface area contributed by atoms with Crippen LogP contribution in [0.2, 0.25) is 0 Å². The Balaban J connectivity index is 1.79. The first-order valence-electron chi connectivity index (χ1n) is 12.9. The molecule has 0 aromatic heterocycles. The summed E-state index contributed by atoms with van der Waals surface area (Å²) in [5.41, 5.74) is 1.94. The molecule has 3 rings (SSSR count). The molecule has 34 heavy (non-hydrogen) atoms. The van der Waals surface area contributed by atoms with E-state index in [4.69, 9.17) is 0 Å². The van der Waals surface area contributed by atoms with Crippen molar-refractivity contribution in [3.05, 3.63) is 29.8 Å². The molecule has 7 heteroatoms. The van der Waals surface area contributed by atoms with E-state index in [1.54, 1.807) is 13.8 Å². The van der Waals surface area contributed by atoms with Gasteiger partial charge in [0.15, 0.2) is 0 Å². The van der Waals surface area contributed by atoms with Crippen molar-refractivity contribution < 1.29 is 14.4 Å². The van der Waals surface area contributed by atoms with E-state index in [2.05, 4.69) is 18.7 Å². The molecule has 188 valence electrons. The van der Waals surface area contributed by atoms with Gasteiger partial charge in [0.2, 0.25) is 17.7 Å². The highest BCUT2D eigenvalue weighted by Gasteiger charge is 2.27. The Hall–Kier alpha value is -2.41. The van der Waals surface area contributed by atoms with Crippen molar-refractivity contribution in [1.82, 2.24) is 14.7 Å². The SMILES string of the molecule is CC(=O)N1CCC(CC(=O)N2CCN(CC(C)C)CCCN(C(C)=O)c3ccccc3C2)CC1. The van der Waals surface area contributed by atoms with Gasteiger partial charge in [0, 0.05) is 71.8 Å². The number of carbonyl (C=O) groups excluding carboxylic acids is 3. The monoisotopic (exact) mass is 470 g/mol. The van der Waals surface area contributed by atoms with Gasteiger partial charge in [0.1, 0.15) is 0 Å². The van der Waals surface area contributed by atoms with Gasteiger partial charge in [-0.3, -0.25) is 14.4 Å². The fourth-order valence-electron chi connectivity index (χ4n) is 5.21. The van der Waals surface area contributed by atoms with Crippen LogP contribution in [0.5, 0.6) is 0 Å². The third-order valence-corrected chi connectivity index (χ3v) is 7.07. The quantitative estimate of drug-likeness (QED) is 0.677. The summed E-state index contributed by atoms with van der Waals surface area (Å²) in [6.45, 7) is 13.8.